The fraction of sp³-hybridized carbons (Fsp3) is 0.500. The molecule has 29 heavy (non-hydrogen) atoms. The molecule has 1 fully saturated rings. The molecule has 2 heterocycles. The fourth-order valence-corrected chi connectivity index (χ4v) is 4.75. The first-order chi connectivity index (χ1) is 13.8. The number of sulfonamides is 1. The molecule has 0 saturated carbocycles. The second-order valence-corrected chi connectivity index (χ2v) is 9.42. The van der Waals surface area contributed by atoms with Gasteiger partial charge < -0.3 is 9.64 Å². The summed E-state index contributed by atoms with van der Waals surface area (Å²) in [6.45, 7) is 7.79. The molecule has 0 radical (unpaired) electrons. The van der Waals surface area contributed by atoms with Gasteiger partial charge in [0.15, 0.2) is 0 Å². The van der Waals surface area contributed by atoms with Crippen LogP contribution in [0.5, 0.6) is 5.75 Å². The molecule has 2 aromatic rings. The molecule has 1 aromatic heterocycles. The maximum atomic E-state index is 12.9. The minimum absolute atomic E-state index is 0.172. The van der Waals surface area contributed by atoms with Gasteiger partial charge in [-0.05, 0) is 49.6 Å². The molecule has 1 amide bonds. The molecule has 1 aliphatic heterocycles. The molecule has 8 nitrogen and oxygen atoms in total. The molecule has 0 bridgehead atoms. The zero-order valence-corrected chi connectivity index (χ0v) is 17.9. The van der Waals surface area contributed by atoms with E-state index in [4.69, 9.17) is 4.74 Å². The van der Waals surface area contributed by atoms with Crippen molar-refractivity contribution < 1.29 is 17.9 Å². The van der Waals surface area contributed by atoms with Gasteiger partial charge in [0.25, 0.3) is 5.91 Å². The summed E-state index contributed by atoms with van der Waals surface area (Å²) in [5, 5.41) is 7.03. The van der Waals surface area contributed by atoms with Gasteiger partial charge in [0.05, 0.1) is 11.5 Å². The van der Waals surface area contributed by atoms with Gasteiger partial charge in [-0.15, -0.1) is 0 Å². The summed E-state index contributed by atoms with van der Waals surface area (Å²) in [7, 11) is -3.60. The maximum absolute atomic E-state index is 12.9. The summed E-state index contributed by atoms with van der Waals surface area (Å²) in [6, 6.07) is 8.20. The van der Waals surface area contributed by atoms with Crippen LogP contribution in [0.3, 0.4) is 0 Å². The van der Waals surface area contributed by atoms with Crippen LogP contribution in [-0.4, -0.2) is 66.5 Å². The summed E-state index contributed by atoms with van der Waals surface area (Å²) in [4.78, 5) is 14.6. The molecule has 0 spiro atoms. The number of hydrogen-bond donors (Lipinski definition) is 1. The summed E-state index contributed by atoms with van der Waals surface area (Å²) >= 11 is 0. The minimum atomic E-state index is -3.60. The Hall–Kier alpha value is -2.39. The van der Waals surface area contributed by atoms with Gasteiger partial charge in [-0.2, -0.15) is 9.40 Å². The van der Waals surface area contributed by atoms with E-state index < -0.39 is 10.0 Å². The van der Waals surface area contributed by atoms with E-state index in [0.717, 1.165) is 12.1 Å². The average Bonchev–Trinajstić information content (AvgIpc) is 3.16. The first-order valence-corrected chi connectivity index (χ1v) is 11.3. The quantitative estimate of drug-likeness (QED) is 0.741. The lowest BCUT2D eigenvalue weighted by Crippen LogP contribution is -2.50. The van der Waals surface area contributed by atoms with E-state index in [0.29, 0.717) is 37.1 Å². The molecule has 9 heteroatoms. The number of piperazine rings is 1. The predicted octanol–water partition coefficient (Wildman–Crippen LogP) is 2.15. The van der Waals surface area contributed by atoms with Crippen LogP contribution >= 0.6 is 0 Å². The molecular weight excluding hydrogens is 392 g/mol. The SMILES string of the molecule is CCOc1ccc(S(=O)(=O)N2CCN(C(=O)c3cc(CC(C)C)[nH]n3)CC2)cc1. The van der Waals surface area contributed by atoms with Gasteiger partial charge >= 0.3 is 0 Å². The van der Waals surface area contributed by atoms with E-state index in [2.05, 4.69) is 24.0 Å². The molecule has 0 unspecified atom stereocenters. The van der Waals surface area contributed by atoms with Gasteiger partial charge in [0.1, 0.15) is 11.4 Å². The number of aromatic nitrogens is 2. The summed E-state index contributed by atoms with van der Waals surface area (Å²) in [6.07, 6.45) is 0.828. The third-order valence-corrected chi connectivity index (χ3v) is 6.69. The van der Waals surface area contributed by atoms with Crippen molar-refractivity contribution in [3.05, 3.63) is 41.7 Å². The summed E-state index contributed by atoms with van der Waals surface area (Å²) in [5.74, 6) is 0.932. The minimum Gasteiger partial charge on any atom is -0.494 e. The highest BCUT2D eigenvalue weighted by atomic mass is 32.2. The monoisotopic (exact) mass is 420 g/mol. The van der Waals surface area contributed by atoms with Crippen molar-refractivity contribution in [1.29, 1.82) is 0 Å². The Morgan fingerprint density at radius 1 is 1.17 bits per heavy atom. The predicted molar refractivity (Wildman–Crippen MR) is 109 cm³/mol. The highest BCUT2D eigenvalue weighted by Gasteiger charge is 2.31. The lowest BCUT2D eigenvalue weighted by molar-refractivity contribution is 0.0692. The van der Waals surface area contributed by atoms with Crippen molar-refractivity contribution in [2.45, 2.75) is 32.1 Å². The molecule has 1 aliphatic rings. The average molecular weight is 421 g/mol. The van der Waals surface area contributed by atoms with E-state index in [1.807, 2.05) is 6.92 Å². The lowest BCUT2D eigenvalue weighted by Gasteiger charge is -2.33. The highest BCUT2D eigenvalue weighted by molar-refractivity contribution is 7.89. The van der Waals surface area contributed by atoms with Crippen LogP contribution < -0.4 is 4.74 Å². The van der Waals surface area contributed by atoms with Gasteiger partial charge in [-0.1, -0.05) is 13.8 Å². The Kier molecular flexibility index (Phi) is 6.59. The normalized spacial score (nSPS) is 15.7. The topological polar surface area (TPSA) is 95.6 Å². The van der Waals surface area contributed by atoms with Gasteiger partial charge in [-0.3, -0.25) is 9.89 Å². The number of ether oxygens (including phenoxy) is 1. The number of nitrogens with one attached hydrogen (secondary N) is 1. The number of aromatic amines is 1. The van der Waals surface area contributed by atoms with Crippen molar-refractivity contribution >= 4 is 15.9 Å². The molecule has 0 atom stereocenters. The van der Waals surface area contributed by atoms with Crippen LogP contribution in [0.1, 0.15) is 37.0 Å². The number of carbonyl (C=O) groups is 1. The van der Waals surface area contributed by atoms with E-state index in [9.17, 15) is 13.2 Å². The Bertz CT molecular complexity index is 930. The van der Waals surface area contributed by atoms with Crippen LogP contribution in [-0.2, 0) is 16.4 Å². The number of amides is 1. The first kappa shape index (κ1) is 21.3. The van der Waals surface area contributed by atoms with Gasteiger partial charge in [-0.25, -0.2) is 8.42 Å². The van der Waals surface area contributed by atoms with E-state index >= 15 is 0 Å². The molecule has 0 aliphatic carbocycles. The fourth-order valence-electron chi connectivity index (χ4n) is 3.33. The summed E-state index contributed by atoms with van der Waals surface area (Å²) in [5.41, 5.74) is 1.31. The Morgan fingerprint density at radius 2 is 1.83 bits per heavy atom. The Labute approximate surface area is 171 Å². The van der Waals surface area contributed by atoms with E-state index in [1.54, 1.807) is 35.2 Å². The van der Waals surface area contributed by atoms with Gasteiger partial charge in [0, 0.05) is 31.9 Å². The van der Waals surface area contributed by atoms with Crippen LogP contribution in [0.25, 0.3) is 0 Å². The number of H-pyrrole nitrogens is 1. The number of carbonyl (C=O) groups excluding carboxylic acids is 1. The van der Waals surface area contributed by atoms with Gasteiger partial charge in [0.2, 0.25) is 10.0 Å². The largest absolute Gasteiger partial charge is 0.494 e. The third-order valence-electron chi connectivity index (χ3n) is 4.78. The second-order valence-electron chi connectivity index (χ2n) is 7.48. The number of rotatable bonds is 7. The van der Waals surface area contributed by atoms with E-state index in [1.165, 1.54) is 4.31 Å². The van der Waals surface area contributed by atoms with E-state index in [-0.39, 0.29) is 23.9 Å². The zero-order valence-electron chi connectivity index (χ0n) is 17.1. The van der Waals surface area contributed by atoms with Crippen LogP contribution in [0.4, 0.5) is 0 Å². The Balaban J connectivity index is 1.61. The zero-order chi connectivity index (χ0) is 21.0. The van der Waals surface area contributed by atoms with Crippen LogP contribution in [0.15, 0.2) is 35.2 Å². The van der Waals surface area contributed by atoms with Crippen molar-refractivity contribution in [1.82, 2.24) is 19.4 Å². The Morgan fingerprint density at radius 3 is 2.41 bits per heavy atom. The van der Waals surface area contributed by atoms with Crippen LogP contribution in [0.2, 0.25) is 0 Å². The lowest BCUT2D eigenvalue weighted by atomic mass is 10.1. The maximum Gasteiger partial charge on any atom is 0.274 e. The van der Waals surface area contributed by atoms with Crippen molar-refractivity contribution in [2.75, 3.05) is 32.8 Å². The van der Waals surface area contributed by atoms with Crippen molar-refractivity contribution in [3.8, 4) is 5.75 Å². The molecule has 158 valence electrons. The highest BCUT2D eigenvalue weighted by Crippen LogP contribution is 2.21. The first-order valence-electron chi connectivity index (χ1n) is 9.88. The molecule has 1 saturated heterocycles. The summed E-state index contributed by atoms with van der Waals surface area (Å²) < 4.78 is 32.5. The standard InChI is InChI=1S/C20H28N4O4S/c1-4-28-17-5-7-18(8-6-17)29(26,27)24-11-9-23(10-12-24)20(25)19-14-16(21-22-19)13-15(2)3/h5-8,14-15H,4,9-13H2,1-3H3,(H,21,22). The molecule has 1 aromatic carbocycles. The number of nitrogens with zero attached hydrogens (tertiary/aromatic N) is 3. The third kappa shape index (κ3) is 4.97. The second kappa shape index (κ2) is 8.96. The molecular formula is C20H28N4O4S. The molecule has 1 N–H and O–H groups in total. The smallest absolute Gasteiger partial charge is 0.274 e. The van der Waals surface area contributed by atoms with Crippen molar-refractivity contribution in [3.63, 3.8) is 0 Å². The van der Waals surface area contributed by atoms with Crippen molar-refractivity contribution in [2.24, 2.45) is 5.92 Å². The number of hydrogen-bond acceptors (Lipinski definition) is 5. The number of benzene rings is 1. The van der Waals surface area contributed by atoms with Crippen LogP contribution in [0, 0.1) is 5.92 Å². The molecule has 3 rings (SSSR count).